The molecule has 0 spiro atoms. The maximum absolute atomic E-state index is 10.4. The molecule has 3 heteroatoms. The van der Waals surface area contributed by atoms with Crippen LogP contribution in [0, 0.1) is 13.8 Å². The maximum atomic E-state index is 10.4. The Bertz CT molecular complexity index is 532. The molecule has 0 saturated heterocycles. The maximum Gasteiger partial charge on any atom is 0.123 e. The number of rotatable bonds is 3. The summed E-state index contributed by atoms with van der Waals surface area (Å²) < 4.78 is 0. The summed E-state index contributed by atoms with van der Waals surface area (Å²) in [4.78, 5) is 3.95. The van der Waals surface area contributed by atoms with E-state index in [1.165, 1.54) is 0 Å². The molecule has 0 aliphatic carbocycles. The van der Waals surface area contributed by atoms with Crippen molar-refractivity contribution in [2.24, 2.45) is 0 Å². The second kappa shape index (κ2) is 5.19. The fraction of sp³-hybridized carbons (Fsp3) is 0.267. The second-order valence-corrected chi connectivity index (χ2v) is 4.61. The Hall–Kier alpha value is -1.87. The minimum atomic E-state index is -0.506. The van der Waals surface area contributed by atoms with Crippen LogP contribution in [0.4, 0.5) is 5.82 Å². The van der Waals surface area contributed by atoms with Crippen LogP contribution in [-0.4, -0.2) is 10.1 Å². The molecule has 0 aliphatic rings. The molecule has 0 saturated carbocycles. The summed E-state index contributed by atoms with van der Waals surface area (Å²) in [7, 11) is 0. The first-order valence-corrected chi connectivity index (χ1v) is 6.02. The standard InChI is InChI=1S/C15H18N2O/c1-10-4-3-5-11(2)15(10)13(18)8-12-6-7-17-14(16)9-12/h3-7,9,13,18H,8H2,1-2H3,(H2,16,17). The Kier molecular flexibility index (Phi) is 3.63. The smallest absolute Gasteiger partial charge is 0.123 e. The predicted octanol–water partition coefficient (Wildman–Crippen LogP) is 2.56. The normalized spacial score (nSPS) is 12.4. The van der Waals surface area contributed by atoms with Crippen molar-refractivity contribution in [3.05, 3.63) is 58.8 Å². The van der Waals surface area contributed by atoms with Crippen molar-refractivity contribution in [1.82, 2.24) is 4.98 Å². The first-order valence-electron chi connectivity index (χ1n) is 6.02. The summed E-state index contributed by atoms with van der Waals surface area (Å²) in [6, 6.07) is 9.73. The lowest BCUT2D eigenvalue weighted by atomic mass is 9.94. The van der Waals surface area contributed by atoms with Gasteiger partial charge < -0.3 is 10.8 Å². The van der Waals surface area contributed by atoms with E-state index in [1.54, 1.807) is 12.3 Å². The van der Waals surface area contributed by atoms with E-state index in [0.717, 1.165) is 22.3 Å². The number of aliphatic hydroxyl groups excluding tert-OH is 1. The largest absolute Gasteiger partial charge is 0.388 e. The number of nitrogens with two attached hydrogens (primary N) is 1. The molecule has 1 unspecified atom stereocenters. The lowest BCUT2D eigenvalue weighted by Gasteiger charge is -2.16. The van der Waals surface area contributed by atoms with Gasteiger partial charge in [0.05, 0.1) is 6.10 Å². The van der Waals surface area contributed by atoms with E-state index in [2.05, 4.69) is 4.98 Å². The molecule has 1 atom stereocenters. The molecule has 1 heterocycles. The number of benzene rings is 1. The minimum absolute atomic E-state index is 0.487. The number of hydrogen-bond acceptors (Lipinski definition) is 3. The zero-order chi connectivity index (χ0) is 13.1. The predicted molar refractivity (Wildman–Crippen MR) is 73.2 cm³/mol. The number of hydrogen-bond donors (Lipinski definition) is 2. The first-order chi connectivity index (χ1) is 8.58. The molecule has 1 aromatic heterocycles. The van der Waals surface area contributed by atoms with Gasteiger partial charge in [-0.2, -0.15) is 0 Å². The third-order valence-corrected chi connectivity index (χ3v) is 3.15. The van der Waals surface area contributed by atoms with Crippen LogP contribution >= 0.6 is 0 Å². The van der Waals surface area contributed by atoms with Crippen LogP contribution in [0.1, 0.15) is 28.4 Å². The van der Waals surface area contributed by atoms with Crippen molar-refractivity contribution < 1.29 is 5.11 Å². The van der Waals surface area contributed by atoms with Gasteiger partial charge in [0.15, 0.2) is 0 Å². The molecule has 94 valence electrons. The molecule has 18 heavy (non-hydrogen) atoms. The quantitative estimate of drug-likeness (QED) is 0.869. The molecular formula is C15H18N2O. The van der Waals surface area contributed by atoms with Gasteiger partial charge in [-0.25, -0.2) is 4.98 Å². The van der Waals surface area contributed by atoms with Crippen molar-refractivity contribution in [3.63, 3.8) is 0 Å². The average Bonchev–Trinajstić information content (AvgIpc) is 2.28. The lowest BCUT2D eigenvalue weighted by molar-refractivity contribution is 0.177. The fourth-order valence-electron chi connectivity index (χ4n) is 2.30. The number of anilines is 1. The van der Waals surface area contributed by atoms with Gasteiger partial charge in [0, 0.05) is 12.6 Å². The first kappa shape index (κ1) is 12.6. The molecule has 0 radical (unpaired) electrons. The van der Waals surface area contributed by atoms with E-state index < -0.39 is 6.10 Å². The van der Waals surface area contributed by atoms with Crippen LogP contribution in [0.2, 0.25) is 0 Å². The Morgan fingerprint density at radius 3 is 2.50 bits per heavy atom. The molecule has 0 amide bonds. The topological polar surface area (TPSA) is 59.1 Å². The number of aryl methyl sites for hydroxylation is 2. The Labute approximate surface area is 107 Å². The average molecular weight is 242 g/mol. The molecule has 2 aromatic rings. The van der Waals surface area contributed by atoms with E-state index >= 15 is 0 Å². The number of nitrogen functional groups attached to an aromatic ring is 1. The van der Waals surface area contributed by atoms with Gasteiger partial charge in [-0.15, -0.1) is 0 Å². The summed E-state index contributed by atoms with van der Waals surface area (Å²) in [5.74, 6) is 0.487. The highest BCUT2D eigenvalue weighted by molar-refractivity contribution is 5.37. The van der Waals surface area contributed by atoms with Crippen LogP contribution in [0.3, 0.4) is 0 Å². The molecule has 0 fully saturated rings. The molecule has 3 N–H and O–H groups in total. The number of aromatic nitrogens is 1. The number of nitrogens with zero attached hydrogens (tertiary/aromatic N) is 1. The molecule has 1 aromatic carbocycles. The minimum Gasteiger partial charge on any atom is -0.388 e. The number of aliphatic hydroxyl groups is 1. The van der Waals surface area contributed by atoms with Gasteiger partial charge in [0.2, 0.25) is 0 Å². The van der Waals surface area contributed by atoms with E-state index in [9.17, 15) is 5.11 Å². The molecule has 0 bridgehead atoms. The molecular weight excluding hydrogens is 224 g/mol. The van der Waals surface area contributed by atoms with Crippen molar-refractivity contribution in [2.75, 3.05) is 5.73 Å². The van der Waals surface area contributed by atoms with Gasteiger partial charge in [0.1, 0.15) is 5.82 Å². The highest BCUT2D eigenvalue weighted by atomic mass is 16.3. The Balaban J connectivity index is 2.25. The SMILES string of the molecule is Cc1cccc(C)c1C(O)Cc1ccnc(N)c1. The molecule has 2 rings (SSSR count). The zero-order valence-corrected chi connectivity index (χ0v) is 10.7. The van der Waals surface area contributed by atoms with Crippen LogP contribution in [0.5, 0.6) is 0 Å². The summed E-state index contributed by atoms with van der Waals surface area (Å²) in [5.41, 5.74) is 9.88. The lowest BCUT2D eigenvalue weighted by Crippen LogP contribution is -2.06. The van der Waals surface area contributed by atoms with Crippen molar-refractivity contribution in [2.45, 2.75) is 26.4 Å². The van der Waals surface area contributed by atoms with Gasteiger partial charge in [0.25, 0.3) is 0 Å². The van der Waals surface area contributed by atoms with E-state index in [-0.39, 0.29) is 0 Å². The molecule has 3 nitrogen and oxygen atoms in total. The van der Waals surface area contributed by atoms with Gasteiger partial charge >= 0.3 is 0 Å². The van der Waals surface area contributed by atoms with E-state index in [1.807, 2.05) is 38.1 Å². The van der Waals surface area contributed by atoms with Gasteiger partial charge in [-0.3, -0.25) is 0 Å². The van der Waals surface area contributed by atoms with Crippen molar-refractivity contribution >= 4 is 5.82 Å². The summed E-state index contributed by atoms with van der Waals surface area (Å²) >= 11 is 0. The monoisotopic (exact) mass is 242 g/mol. The summed E-state index contributed by atoms with van der Waals surface area (Å²) in [5, 5.41) is 10.4. The van der Waals surface area contributed by atoms with E-state index in [0.29, 0.717) is 12.2 Å². The molecule has 0 aliphatic heterocycles. The van der Waals surface area contributed by atoms with Crippen LogP contribution in [0.25, 0.3) is 0 Å². The summed E-state index contributed by atoms with van der Waals surface area (Å²) in [6.45, 7) is 4.04. The highest BCUT2D eigenvalue weighted by Gasteiger charge is 2.13. The highest BCUT2D eigenvalue weighted by Crippen LogP contribution is 2.25. The van der Waals surface area contributed by atoms with Crippen LogP contribution in [0.15, 0.2) is 36.5 Å². The van der Waals surface area contributed by atoms with Crippen molar-refractivity contribution in [1.29, 1.82) is 0 Å². The number of pyridine rings is 1. The zero-order valence-electron chi connectivity index (χ0n) is 10.7. The van der Waals surface area contributed by atoms with Crippen LogP contribution < -0.4 is 5.73 Å². The van der Waals surface area contributed by atoms with Crippen molar-refractivity contribution in [3.8, 4) is 0 Å². The Morgan fingerprint density at radius 1 is 1.22 bits per heavy atom. The third kappa shape index (κ3) is 2.68. The summed E-state index contributed by atoms with van der Waals surface area (Å²) in [6.07, 6.45) is 1.72. The Morgan fingerprint density at radius 2 is 1.89 bits per heavy atom. The second-order valence-electron chi connectivity index (χ2n) is 4.61. The fourth-order valence-corrected chi connectivity index (χ4v) is 2.30. The van der Waals surface area contributed by atoms with Crippen LogP contribution in [-0.2, 0) is 6.42 Å². The van der Waals surface area contributed by atoms with Gasteiger partial charge in [-0.1, -0.05) is 18.2 Å². The van der Waals surface area contributed by atoms with E-state index in [4.69, 9.17) is 5.73 Å². The van der Waals surface area contributed by atoms with Gasteiger partial charge in [-0.05, 0) is 48.2 Å². The third-order valence-electron chi connectivity index (χ3n) is 3.15.